The molecule has 2 fully saturated rings. The molecule has 0 aromatic carbocycles. The SMILES string of the molecule is O=C(CNC(=O)CC1CCCCC1)NCCC(=O)NC1CCCCC1. The zero-order valence-electron chi connectivity index (χ0n) is 15.3. The number of amides is 3. The van der Waals surface area contributed by atoms with E-state index < -0.39 is 0 Å². The summed E-state index contributed by atoms with van der Waals surface area (Å²) in [6.07, 6.45) is 12.5. The Labute approximate surface area is 150 Å². The molecule has 2 aliphatic carbocycles. The van der Waals surface area contributed by atoms with E-state index in [9.17, 15) is 14.4 Å². The molecular formula is C19H33N3O3. The molecule has 0 aromatic rings. The number of hydrogen-bond acceptors (Lipinski definition) is 3. The van der Waals surface area contributed by atoms with E-state index in [2.05, 4.69) is 16.0 Å². The van der Waals surface area contributed by atoms with Gasteiger partial charge in [0.05, 0.1) is 6.54 Å². The molecule has 0 spiro atoms. The van der Waals surface area contributed by atoms with E-state index in [1.165, 1.54) is 38.5 Å². The first kappa shape index (κ1) is 19.7. The lowest BCUT2D eigenvalue weighted by molar-refractivity contribution is -0.127. The van der Waals surface area contributed by atoms with E-state index in [1.807, 2.05) is 0 Å². The van der Waals surface area contributed by atoms with Crippen LogP contribution < -0.4 is 16.0 Å². The van der Waals surface area contributed by atoms with Crippen molar-refractivity contribution in [1.29, 1.82) is 0 Å². The van der Waals surface area contributed by atoms with Crippen molar-refractivity contribution in [3.63, 3.8) is 0 Å². The van der Waals surface area contributed by atoms with Gasteiger partial charge < -0.3 is 16.0 Å². The standard InChI is InChI=1S/C19H33N3O3/c23-17(22-16-9-5-2-6-10-16)11-12-20-19(25)14-21-18(24)13-15-7-3-1-4-8-15/h15-16H,1-14H2,(H,20,25)(H,21,24)(H,22,23). The molecule has 2 aliphatic rings. The first-order valence-corrected chi connectivity index (χ1v) is 9.96. The third kappa shape index (κ3) is 8.36. The summed E-state index contributed by atoms with van der Waals surface area (Å²) in [6, 6.07) is 0.302. The summed E-state index contributed by atoms with van der Waals surface area (Å²) in [5, 5.41) is 8.41. The molecule has 3 N–H and O–H groups in total. The predicted molar refractivity (Wildman–Crippen MR) is 96.8 cm³/mol. The summed E-state index contributed by atoms with van der Waals surface area (Å²) in [4.78, 5) is 35.5. The first-order chi connectivity index (χ1) is 12.1. The Morgan fingerprint density at radius 2 is 1.36 bits per heavy atom. The molecule has 0 heterocycles. The van der Waals surface area contributed by atoms with E-state index in [4.69, 9.17) is 0 Å². The minimum Gasteiger partial charge on any atom is -0.354 e. The van der Waals surface area contributed by atoms with Crippen LogP contribution >= 0.6 is 0 Å². The smallest absolute Gasteiger partial charge is 0.239 e. The molecule has 0 atom stereocenters. The maximum Gasteiger partial charge on any atom is 0.239 e. The fourth-order valence-corrected chi connectivity index (χ4v) is 3.83. The van der Waals surface area contributed by atoms with E-state index >= 15 is 0 Å². The van der Waals surface area contributed by atoms with E-state index in [0.717, 1.165) is 25.7 Å². The molecule has 25 heavy (non-hydrogen) atoms. The molecule has 0 aliphatic heterocycles. The van der Waals surface area contributed by atoms with Crippen LogP contribution in [0.5, 0.6) is 0 Å². The fourth-order valence-electron chi connectivity index (χ4n) is 3.83. The van der Waals surface area contributed by atoms with Gasteiger partial charge in [-0.3, -0.25) is 14.4 Å². The molecule has 0 radical (unpaired) electrons. The number of rotatable bonds is 8. The van der Waals surface area contributed by atoms with E-state index in [1.54, 1.807) is 0 Å². The molecule has 0 saturated heterocycles. The summed E-state index contributed by atoms with van der Waals surface area (Å²) < 4.78 is 0. The maximum atomic E-state index is 11.9. The normalized spacial score (nSPS) is 19.2. The second-order valence-electron chi connectivity index (χ2n) is 7.49. The van der Waals surface area contributed by atoms with Crippen molar-refractivity contribution >= 4 is 17.7 Å². The Morgan fingerprint density at radius 1 is 0.720 bits per heavy atom. The second kappa shape index (κ2) is 11.1. The van der Waals surface area contributed by atoms with Gasteiger partial charge in [0.1, 0.15) is 0 Å². The van der Waals surface area contributed by atoms with Crippen LogP contribution in [-0.2, 0) is 14.4 Å². The lowest BCUT2D eigenvalue weighted by atomic mass is 9.87. The summed E-state index contributed by atoms with van der Waals surface area (Å²) in [5.74, 6) is 0.188. The summed E-state index contributed by atoms with van der Waals surface area (Å²) in [5.41, 5.74) is 0. The van der Waals surface area contributed by atoms with Crippen molar-refractivity contribution in [1.82, 2.24) is 16.0 Å². The van der Waals surface area contributed by atoms with Gasteiger partial charge in [-0.1, -0.05) is 38.5 Å². The minimum atomic E-state index is -0.234. The summed E-state index contributed by atoms with van der Waals surface area (Å²) in [7, 11) is 0. The van der Waals surface area contributed by atoms with Crippen molar-refractivity contribution in [2.45, 2.75) is 83.1 Å². The van der Waals surface area contributed by atoms with Crippen LogP contribution in [-0.4, -0.2) is 36.9 Å². The molecule has 2 saturated carbocycles. The Bertz CT molecular complexity index is 441. The van der Waals surface area contributed by atoms with Crippen LogP contribution in [0.25, 0.3) is 0 Å². The van der Waals surface area contributed by atoms with Crippen molar-refractivity contribution in [3.8, 4) is 0 Å². The Hall–Kier alpha value is -1.59. The zero-order valence-corrected chi connectivity index (χ0v) is 15.3. The molecule has 0 aromatic heterocycles. The highest BCUT2D eigenvalue weighted by Gasteiger charge is 2.18. The Morgan fingerprint density at radius 3 is 2.04 bits per heavy atom. The molecule has 3 amide bonds. The van der Waals surface area contributed by atoms with Gasteiger partial charge in [0, 0.05) is 25.4 Å². The van der Waals surface area contributed by atoms with Gasteiger partial charge in [0.25, 0.3) is 0 Å². The number of nitrogens with one attached hydrogen (secondary N) is 3. The van der Waals surface area contributed by atoms with Gasteiger partial charge in [0.15, 0.2) is 0 Å². The van der Waals surface area contributed by atoms with Crippen molar-refractivity contribution in [2.24, 2.45) is 5.92 Å². The van der Waals surface area contributed by atoms with Crippen molar-refractivity contribution < 1.29 is 14.4 Å². The minimum absolute atomic E-state index is 0.00417. The average molecular weight is 351 g/mol. The van der Waals surface area contributed by atoms with Crippen LogP contribution in [0.4, 0.5) is 0 Å². The number of carbonyl (C=O) groups is 3. The molecule has 0 bridgehead atoms. The monoisotopic (exact) mass is 351 g/mol. The lowest BCUT2D eigenvalue weighted by Gasteiger charge is -2.22. The highest BCUT2D eigenvalue weighted by Crippen LogP contribution is 2.25. The zero-order chi connectivity index (χ0) is 17.9. The van der Waals surface area contributed by atoms with E-state index in [-0.39, 0.29) is 30.7 Å². The van der Waals surface area contributed by atoms with Gasteiger partial charge in [-0.15, -0.1) is 0 Å². The van der Waals surface area contributed by atoms with Gasteiger partial charge in [-0.25, -0.2) is 0 Å². The van der Waals surface area contributed by atoms with Crippen LogP contribution in [0.1, 0.15) is 77.0 Å². The molecular weight excluding hydrogens is 318 g/mol. The number of hydrogen-bond donors (Lipinski definition) is 3. The third-order valence-electron chi connectivity index (χ3n) is 5.29. The van der Waals surface area contributed by atoms with Crippen LogP contribution in [0.3, 0.4) is 0 Å². The lowest BCUT2D eigenvalue weighted by Crippen LogP contribution is -2.40. The fraction of sp³-hybridized carbons (Fsp3) is 0.842. The molecule has 2 rings (SSSR count). The summed E-state index contributed by atoms with van der Waals surface area (Å²) in [6.45, 7) is 0.311. The van der Waals surface area contributed by atoms with Crippen LogP contribution in [0.15, 0.2) is 0 Å². The maximum absolute atomic E-state index is 11.9. The van der Waals surface area contributed by atoms with Crippen LogP contribution in [0, 0.1) is 5.92 Å². The van der Waals surface area contributed by atoms with Crippen molar-refractivity contribution in [2.75, 3.05) is 13.1 Å². The van der Waals surface area contributed by atoms with Gasteiger partial charge in [-0.05, 0) is 31.6 Å². The molecule has 6 heteroatoms. The average Bonchev–Trinajstić information content (AvgIpc) is 2.62. The third-order valence-corrected chi connectivity index (χ3v) is 5.29. The Balaban J connectivity index is 1.49. The highest BCUT2D eigenvalue weighted by atomic mass is 16.2. The Kier molecular flexibility index (Phi) is 8.77. The highest BCUT2D eigenvalue weighted by molar-refractivity contribution is 5.85. The largest absolute Gasteiger partial charge is 0.354 e. The second-order valence-corrected chi connectivity index (χ2v) is 7.49. The molecule has 0 unspecified atom stereocenters. The van der Waals surface area contributed by atoms with E-state index in [0.29, 0.717) is 24.9 Å². The quantitative estimate of drug-likeness (QED) is 0.625. The van der Waals surface area contributed by atoms with Crippen molar-refractivity contribution in [3.05, 3.63) is 0 Å². The van der Waals surface area contributed by atoms with Gasteiger partial charge >= 0.3 is 0 Å². The predicted octanol–water partition coefficient (Wildman–Crippen LogP) is 2.03. The van der Waals surface area contributed by atoms with Gasteiger partial charge in [0.2, 0.25) is 17.7 Å². The topological polar surface area (TPSA) is 87.3 Å². The first-order valence-electron chi connectivity index (χ1n) is 9.96. The number of carbonyl (C=O) groups excluding carboxylic acids is 3. The van der Waals surface area contributed by atoms with Crippen LogP contribution in [0.2, 0.25) is 0 Å². The molecule has 6 nitrogen and oxygen atoms in total. The molecule has 142 valence electrons. The van der Waals surface area contributed by atoms with Gasteiger partial charge in [-0.2, -0.15) is 0 Å². The summed E-state index contributed by atoms with van der Waals surface area (Å²) >= 11 is 0.